The van der Waals surface area contributed by atoms with Crippen LogP contribution in [-0.2, 0) is 13.1 Å². The van der Waals surface area contributed by atoms with E-state index in [0.717, 1.165) is 18.8 Å². The van der Waals surface area contributed by atoms with E-state index in [1.54, 1.807) is 6.26 Å². The van der Waals surface area contributed by atoms with E-state index in [-0.39, 0.29) is 0 Å². The molecule has 1 aliphatic carbocycles. The van der Waals surface area contributed by atoms with Crippen LogP contribution in [-0.4, -0.2) is 17.1 Å². The van der Waals surface area contributed by atoms with Gasteiger partial charge in [-0.3, -0.25) is 0 Å². The maximum atomic E-state index is 5.69. The zero-order chi connectivity index (χ0) is 14.7. The summed E-state index contributed by atoms with van der Waals surface area (Å²) in [6.07, 6.45) is 4.35. The summed E-state index contributed by atoms with van der Waals surface area (Å²) in [5, 5.41) is 3.46. The van der Waals surface area contributed by atoms with E-state index in [1.165, 1.54) is 18.4 Å². The van der Waals surface area contributed by atoms with Crippen LogP contribution in [0.4, 0.5) is 6.01 Å². The molecule has 4 nitrogen and oxygen atoms in total. The summed E-state index contributed by atoms with van der Waals surface area (Å²) in [5.41, 5.74) is 2.25. The molecule has 0 atom stereocenters. The molecule has 4 heteroatoms. The second-order valence-electron chi connectivity index (χ2n) is 5.98. The average molecular weight is 285 g/mol. The van der Waals surface area contributed by atoms with Gasteiger partial charge in [-0.15, -0.1) is 0 Å². The number of nitrogens with zero attached hydrogens (tertiary/aromatic N) is 2. The molecule has 0 aliphatic heterocycles. The Bertz CT molecular complexity index is 560. The second kappa shape index (κ2) is 6.31. The van der Waals surface area contributed by atoms with Gasteiger partial charge in [-0.25, -0.2) is 0 Å². The largest absolute Gasteiger partial charge is 0.432 e. The van der Waals surface area contributed by atoms with E-state index < -0.39 is 0 Å². The van der Waals surface area contributed by atoms with Crippen molar-refractivity contribution >= 4 is 6.01 Å². The molecule has 1 heterocycles. The van der Waals surface area contributed by atoms with Crippen molar-refractivity contribution in [2.45, 2.75) is 51.9 Å². The third-order valence-corrected chi connectivity index (χ3v) is 3.75. The molecule has 1 N–H and O–H groups in total. The molecule has 1 fully saturated rings. The smallest absolute Gasteiger partial charge is 0.298 e. The quantitative estimate of drug-likeness (QED) is 0.847. The highest BCUT2D eigenvalue weighted by atomic mass is 16.4. The second-order valence-corrected chi connectivity index (χ2v) is 5.98. The summed E-state index contributed by atoms with van der Waals surface area (Å²) < 4.78 is 5.69. The van der Waals surface area contributed by atoms with Crippen molar-refractivity contribution < 1.29 is 4.42 Å². The monoisotopic (exact) mass is 285 g/mol. The molecular weight excluding hydrogens is 262 g/mol. The Hall–Kier alpha value is -1.81. The zero-order valence-electron chi connectivity index (χ0n) is 12.7. The van der Waals surface area contributed by atoms with Crippen LogP contribution in [0.5, 0.6) is 0 Å². The minimum Gasteiger partial charge on any atom is -0.432 e. The molecule has 112 valence electrons. The molecule has 1 aromatic carbocycles. The van der Waals surface area contributed by atoms with E-state index in [1.807, 2.05) is 6.07 Å². The number of hydrogen-bond acceptors (Lipinski definition) is 4. The number of anilines is 1. The Morgan fingerprint density at radius 2 is 2.05 bits per heavy atom. The Morgan fingerprint density at radius 1 is 1.29 bits per heavy atom. The van der Waals surface area contributed by atoms with Crippen molar-refractivity contribution in [2.75, 3.05) is 4.90 Å². The Kier molecular flexibility index (Phi) is 4.25. The topological polar surface area (TPSA) is 41.3 Å². The standard InChI is InChI=1S/C17H23N3O/c1-13(2)20(11-14-6-4-3-5-7-14)17-19-16(12-21-17)10-18-15-8-9-15/h3-7,12-13,15,18H,8-11H2,1-2H3. The minimum atomic E-state index is 0.341. The number of benzene rings is 1. The first-order chi connectivity index (χ1) is 10.2. The van der Waals surface area contributed by atoms with E-state index in [9.17, 15) is 0 Å². The number of hydrogen-bond donors (Lipinski definition) is 1. The summed E-state index contributed by atoms with van der Waals surface area (Å²) >= 11 is 0. The molecule has 0 amide bonds. The van der Waals surface area contributed by atoms with Crippen molar-refractivity contribution in [3.05, 3.63) is 47.9 Å². The number of nitrogens with one attached hydrogen (secondary N) is 1. The molecule has 2 aromatic rings. The molecule has 1 saturated carbocycles. The molecular formula is C17H23N3O. The molecule has 0 bridgehead atoms. The number of oxazole rings is 1. The number of aromatic nitrogens is 1. The summed E-state index contributed by atoms with van der Waals surface area (Å²) in [6.45, 7) is 5.93. The maximum Gasteiger partial charge on any atom is 0.298 e. The Labute approximate surface area is 126 Å². The van der Waals surface area contributed by atoms with Gasteiger partial charge in [0.05, 0.1) is 5.69 Å². The summed E-state index contributed by atoms with van der Waals surface area (Å²) in [5.74, 6) is 0. The highest BCUT2D eigenvalue weighted by Gasteiger charge is 2.21. The molecule has 0 saturated heterocycles. The van der Waals surface area contributed by atoms with E-state index in [2.05, 4.69) is 53.3 Å². The van der Waals surface area contributed by atoms with Gasteiger partial charge in [0.15, 0.2) is 0 Å². The molecule has 0 unspecified atom stereocenters. The highest BCUT2D eigenvalue weighted by Crippen LogP contribution is 2.22. The van der Waals surface area contributed by atoms with Crippen LogP contribution in [0.3, 0.4) is 0 Å². The Morgan fingerprint density at radius 3 is 2.71 bits per heavy atom. The lowest BCUT2D eigenvalue weighted by atomic mass is 10.2. The predicted octanol–water partition coefficient (Wildman–Crippen LogP) is 3.34. The van der Waals surface area contributed by atoms with E-state index in [0.29, 0.717) is 18.1 Å². The van der Waals surface area contributed by atoms with Crippen LogP contribution in [0.1, 0.15) is 37.9 Å². The fraction of sp³-hybridized carbons (Fsp3) is 0.471. The molecule has 0 radical (unpaired) electrons. The van der Waals surface area contributed by atoms with Crippen molar-refractivity contribution in [1.82, 2.24) is 10.3 Å². The first-order valence-corrected chi connectivity index (χ1v) is 7.70. The minimum absolute atomic E-state index is 0.341. The first-order valence-electron chi connectivity index (χ1n) is 7.70. The van der Waals surface area contributed by atoms with Gasteiger partial charge in [0.1, 0.15) is 6.26 Å². The molecule has 0 spiro atoms. The fourth-order valence-electron chi connectivity index (χ4n) is 2.30. The maximum absolute atomic E-state index is 5.69. The first kappa shape index (κ1) is 14.1. The molecule has 1 aromatic heterocycles. The number of rotatable bonds is 7. The molecule has 3 rings (SSSR count). The summed E-state index contributed by atoms with van der Waals surface area (Å²) in [4.78, 5) is 6.81. The van der Waals surface area contributed by atoms with Crippen LogP contribution in [0, 0.1) is 0 Å². The lowest BCUT2D eigenvalue weighted by molar-refractivity contribution is 0.509. The van der Waals surface area contributed by atoms with Gasteiger partial charge in [-0.1, -0.05) is 30.3 Å². The predicted molar refractivity (Wildman–Crippen MR) is 84.1 cm³/mol. The van der Waals surface area contributed by atoms with E-state index >= 15 is 0 Å². The van der Waals surface area contributed by atoms with Crippen LogP contribution >= 0.6 is 0 Å². The van der Waals surface area contributed by atoms with Crippen LogP contribution in [0.15, 0.2) is 41.0 Å². The SMILES string of the molecule is CC(C)N(Cc1ccccc1)c1nc(CNC2CC2)co1. The van der Waals surface area contributed by atoms with Gasteiger partial charge >= 0.3 is 0 Å². The van der Waals surface area contributed by atoms with E-state index in [4.69, 9.17) is 4.42 Å². The lowest BCUT2D eigenvalue weighted by Gasteiger charge is -2.24. The van der Waals surface area contributed by atoms with Gasteiger partial charge in [0.25, 0.3) is 6.01 Å². The third kappa shape index (κ3) is 3.85. The van der Waals surface area contributed by atoms with Gasteiger partial charge < -0.3 is 14.6 Å². The molecule has 1 aliphatic rings. The summed E-state index contributed by atoms with van der Waals surface area (Å²) in [7, 11) is 0. The van der Waals surface area contributed by atoms with Gasteiger partial charge in [-0.05, 0) is 32.3 Å². The lowest BCUT2D eigenvalue weighted by Crippen LogP contribution is -2.30. The Balaban J connectivity index is 1.68. The highest BCUT2D eigenvalue weighted by molar-refractivity contribution is 5.31. The average Bonchev–Trinajstić information content (AvgIpc) is 3.21. The van der Waals surface area contributed by atoms with Crippen molar-refractivity contribution in [1.29, 1.82) is 0 Å². The van der Waals surface area contributed by atoms with Crippen molar-refractivity contribution in [3.63, 3.8) is 0 Å². The normalized spacial score (nSPS) is 14.6. The summed E-state index contributed by atoms with van der Waals surface area (Å²) in [6, 6.07) is 12.2. The zero-order valence-corrected chi connectivity index (χ0v) is 12.7. The third-order valence-electron chi connectivity index (χ3n) is 3.75. The van der Waals surface area contributed by atoms with Crippen molar-refractivity contribution in [3.8, 4) is 0 Å². The van der Waals surface area contributed by atoms with Crippen molar-refractivity contribution in [2.24, 2.45) is 0 Å². The van der Waals surface area contributed by atoms with Gasteiger partial charge in [-0.2, -0.15) is 4.98 Å². The van der Waals surface area contributed by atoms with Crippen LogP contribution in [0.25, 0.3) is 0 Å². The van der Waals surface area contributed by atoms with Gasteiger partial charge in [0, 0.05) is 25.2 Å². The molecule has 21 heavy (non-hydrogen) atoms. The van der Waals surface area contributed by atoms with Gasteiger partial charge in [0.2, 0.25) is 0 Å². The fourth-order valence-corrected chi connectivity index (χ4v) is 2.30. The van der Waals surface area contributed by atoms with Crippen LogP contribution in [0.2, 0.25) is 0 Å². The van der Waals surface area contributed by atoms with Crippen LogP contribution < -0.4 is 10.2 Å².